The molecule has 0 aliphatic carbocycles. The minimum Gasteiger partial charge on any atom is -0.355 e. The number of piperidine rings is 1. The van der Waals surface area contributed by atoms with Crippen molar-refractivity contribution in [2.75, 3.05) is 18.5 Å². The van der Waals surface area contributed by atoms with Crippen molar-refractivity contribution in [3.8, 4) is 23.4 Å². The van der Waals surface area contributed by atoms with Crippen LogP contribution in [-0.4, -0.2) is 30.3 Å². The molecule has 4 rings (SSSR count). The highest BCUT2D eigenvalue weighted by Gasteiger charge is 2.29. The minimum absolute atomic E-state index is 0.0149. The molecule has 2 heterocycles. The summed E-state index contributed by atoms with van der Waals surface area (Å²) in [4.78, 5) is 27.8. The fourth-order valence-electron chi connectivity index (χ4n) is 4.09. The van der Waals surface area contributed by atoms with Gasteiger partial charge in [0.15, 0.2) is 6.19 Å². The highest BCUT2D eigenvalue weighted by Crippen LogP contribution is 2.37. The maximum atomic E-state index is 13.0. The molecule has 0 saturated carbocycles. The Kier molecular flexibility index (Phi) is 5.12. The number of fused-ring (bicyclic) bond motifs is 1. The fraction of sp³-hybridized carbons (Fsp3) is 0.304. The van der Waals surface area contributed by atoms with Crippen LogP contribution in [-0.2, 0) is 22.7 Å². The smallest absolute Gasteiger partial charge is 0.231 e. The zero-order chi connectivity index (χ0) is 21.3. The van der Waals surface area contributed by atoms with Gasteiger partial charge in [-0.3, -0.25) is 9.59 Å². The molecule has 1 fully saturated rings. The second-order valence-corrected chi connectivity index (χ2v) is 7.71. The van der Waals surface area contributed by atoms with Gasteiger partial charge in [-0.05, 0) is 52.9 Å². The number of benzene rings is 2. The predicted molar refractivity (Wildman–Crippen MR) is 111 cm³/mol. The van der Waals surface area contributed by atoms with E-state index < -0.39 is 0 Å². The molecule has 0 aromatic heterocycles. The summed E-state index contributed by atoms with van der Waals surface area (Å²) in [5.41, 5.74) is 5.33. The van der Waals surface area contributed by atoms with Crippen molar-refractivity contribution in [3.63, 3.8) is 0 Å². The number of nitrogens with zero attached hydrogens (tertiary/aromatic N) is 4. The van der Waals surface area contributed by atoms with E-state index in [0.29, 0.717) is 38.0 Å². The van der Waals surface area contributed by atoms with Gasteiger partial charge in [0.05, 0.1) is 30.6 Å². The van der Waals surface area contributed by atoms with Gasteiger partial charge in [-0.15, -0.1) is 0 Å². The van der Waals surface area contributed by atoms with Crippen LogP contribution in [0, 0.1) is 28.7 Å². The Morgan fingerprint density at radius 3 is 2.60 bits per heavy atom. The quantitative estimate of drug-likeness (QED) is 0.800. The first kappa shape index (κ1) is 19.5. The zero-order valence-electron chi connectivity index (χ0n) is 16.7. The number of hydrogen-bond donors (Lipinski definition) is 1. The van der Waals surface area contributed by atoms with Crippen molar-refractivity contribution in [1.29, 1.82) is 10.5 Å². The molecule has 1 saturated heterocycles. The Hall–Kier alpha value is -3.84. The van der Waals surface area contributed by atoms with E-state index in [1.807, 2.05) is 24.3 Å². The number of nitrogens with one attached hydrogen (secondary N) is 1. The van der Waals surface area contributed by atoms with Crippen LogP contribution >= 0.6 is 0 Å². The summed E-state index contributed by atoms with van der Waals surface area (Å²) in [6.07, 6.45) is 3.11. The predicted octanol–water partition coefficient (Wildman–Crippen LogP) is 2.51. The van der Waals surface area contributed by atoms with Gasteiger partial charge in [0.1, 0.15) is 0 Å². The molecule has 2 aromatic rings. The lowest BCUT2D eigenvalue weighted by Crippen LogP contribution is -2.43. The van der Waals surface area contributed by atoms with Crippen LogP contribution in [0.2, 0.25) is 0 Å². The first-order valence-electron chi connectivity index (χ1n) is 9.85. The number of nitriles is 2. The molecule has 7 heteroatoms. The van der Waals surface area contributed by atoms with E-state index in [-0.39, 0.29) is 17.7 Å². The molecule has 1 unspecified atom stereocenters. The van der Waals surface area contributed by atoms with Crippen molar-refractivity contribution in [3.05, 3.63) is 53.1 Å². The van der Waals surface area contributed by atoms with Gasteiger partial charge in [0.2, 0.25) is 11.8 Å². The second-order valence-electron chi connectivity index (χ2n) is 7.71. The highest BCUT2D eigenvalue weighted by molar-refractivity contribution is 5.96. The van der Waals surface area contributed by atoms with Gasteiger partial charge >= 0.3 is 0 Å². The van der Waals surface area contributed by atoms with Gasteiger partial charge in [-0.1, -0.05) is 12.1 Å². The van der Waals surface area contributed by atoms with Crippen molar-refractivity contribution < 1.29 is 9.59 Å². The van der Waals surface area contributed by atoms with E-state index in [1.54, 1.807) is 29.0 Å². The topological polar surface area (TPSA) is 100 Å². The van der Waals surface area contributed by atoms with Crippen molar-refractivity contribution in [2.45, 2.75) is 25.9 Å². The second kappa shape index (κ2) is 7.88. The van der Waals surface area contributed by atoms with E-state index >= 15 is 0 Å². The lowest BCUT2D eigenvalue weighted by atomic mass is 9.94. The number of anilines is 1. The Morgan fingerprint density at radius 2 is 1.97 bits per heavy atom. The number of amides is 2. The number of carbonyl (C=O) groups is 2. The third-order valence-corrected chi connectivity index (χ3v) is 5.84. The average molecular weight is 399 g/mol. The molecule has 0 bridgehead atoms. The van der Waals surface area contributed by atoms with Crippen molar-refractivity contribution in [1.82, 2.24) is 10.2 Å². The van der Waals surface area contributed by atoms with Gasteiger partial charge in [-0.25, -0.2) is 0 Å². The van der Waals surface area contributed by atoms with Crippen LogP contribution in [0.25, 0.3) is 11.1 Å². The molecule has 2 aromatic carbocycles. The maximum Gasteiger partial charge on any atom is 0.231 e. The third kappa shape index (κ3) is 3.58. The largest absolute Gasteiger partial charge is 0.355 e. The minimum atomic E-state index is -0.241. The van der Waals surface area contributed by atoms with Crippen LogP contribution in [0.3, 0.4) is 0 Å². The van der Waals surface area contributed by atoms with Crippen LogP contribution in [0.15, 0.2) is 36.4 Å². The molecule has 2 aliphatic rings. The molecule has 30 heavy (non-hydrogen) atoms. The van der Waals surface area contributed by atoms with E-state index in [9.17, 15) is 14.9 Å². The van der Waals surface area contributed by atoms with E-state index in [2.05, 4.69) is 17.6 Å². The van der Waals surface area contributed by atoms with Gasteiger partial charge < -0.3 is 15.1 Å². The molecule has 0 radical (unpaired) electrons. The summed E-state index contributed by atoms with van der Waals surface area (Å²) in [6, 6.07) is 13.4. The zero-order valence-corrected chi connectivity index (χ0v) is 16.7. The normalized spacial score (nSPS) is 17.5. The van der Waals surface area contributed by atoms with Crippen molar-refractivity contribution in [2.24, 2.45) is 5.92 Å². The van der Waals surface area contributed by atoms with E-state index in [1.165, 1.54) is 0 Å². The fourth-order valence-corrected chi connectivity index (χ4v) is 4.09. The Bertz CT molecular complexity index is 1080. The lowest BCUT2D eigenvalue weighted by Gasteiger charge is -2.27. The average Bonchev–Trinajstić information content (AvgIpc) is 3.21. The van der Waals surface area contributed by atoms with Gasteiger partial charge in [0, 0.05) is 25.7 Å². The van der Waals surface area contributed by atoms with E-state index in [0.717, 1.165) is 27.9 Å². The molecule has 0 spiro atoms. The summed E-state index contributed by atoms with van der Waals surface area (Å²) in [5.74, 6) is -0.287. The van der Waals surface area contributed by atoms with Crippen LogP contribution in [0.1, 0.15) is 29.5 Å². The summed E-state index contributed by atoms with van der Waals surface area (Å²) >= 11 is 0. The molecule has 2 aliphatic heterocycles. The lowest BCUT2D eigenvalue weighted by molar-refractivity contribution is -0.127. The Labute approximate surface area is 175 Å². The summed E-state index contributed by atoms with van der Waals surface area (Å²) in [7, 11) is 1.75. The monoisotopic (exact) mass is 399 g/mol. The van der Waals surface area contributed by atoms with E-state index in [4.69, 9.17) is 5.26 Å². The summed E-state index contributed by atoms with van der Waals surface area (Å²) in [6.45, 7) is 1.38. The molecular weight excluding hydrogens is 378 g/mol. The van der Waals surface area contributed by atoms with Gasteiger partial charge in [-0.2, -0.15) is 10.5 Å². The number of carbonyl (C=O) groups excluding carboxylic acids is 2. The SMILES string of the molecule is CN(C(=O)C1CCC(=O)NC1)c1cc2c(c(-c3ccc(C#N)cc3)c1)CN(C#N)C2. The molecule has 2 amide bonds. The molecule has 150 valence electrons. The van der Waals surface area contributed by atoms with Crippen LogP contribution in [0.4, 0.5) is 5.69 Å². The van der Waals surface area contributed by atoms with Crippen LogP contribution in [0.5, 0.6) is 0 Å². The van der Waals surface area contributed by atoms with Crippen molar-refractivity contribution >= 4 is 17.5 Å². The van der Waals surface area contributed by atoms with Gasteiger partial charge in [0.25, 0.3) is 0 Å². The Balaban J connectivity index is 1.70. The first-order valence-corrected chi connectivity index (χ1v) is 9.85. The van der Waals surface area contributed by atoms with Crippen LogP contribution < -0.4 is 10.2 Å². The molecule has 1 atom stereocenters. The number of rotatable bonds is 3. The molecule has 1 N–H and O–H groups in total. The first-order chi connectivity index (χ1) is 14.5. The molecular formula is C23H21N5O2. The third-order valence-electron chi connectivity index (χ3n) is 5.84. The Morgan fingerprint density at radius 1 is 1.20 bits per heavy atom. The maximum absolute atomic E-state index is 13.0. The molecule has 7 nitrogen and oxygen atoms in total. The highest BCUT2D eigenvalue weighted by atomic mass is 16.2. The summed E-state index contributed by atoms with van der Waals surface area (Å²) < 4.78 is 0. The summed E-state index contributed by atoms with van der Waals surface area (Å²) in [5, 5.41) is 21.2. The number of hydrogen-bond acceptors (Lipinski definition) is 5. The standard InChI is InChI=1S/C23H21N5O2/c1-27(23(30)17-6-7-22(29)26-11-17)19-8-18-12-28(14-25)13-21(18)20(9-19)16-4-2-15(10-24)3-5-16/h2-5,8-9,17H,6-7,11-13H2,1H3,(H,26,29).